The van der Waals surface area contributed by atoms with Crippen LogP contribution in [-0.2, 0) is 23.2 Å². The number of hydrogen-bond donors (Lipinski definition) is 7. The zero-order chi connectivity index (χ0) is 17.0. The Hall–Kier alpha value is -0.0100. The van der Waals surface area contributed by atoms with Crippen LogP contribution >= 0.6 is 15.6 Å². The normalized spacial score (nSPS) is 19.6. The average Bonchev–Trinajstić information content (AvgIpc) is 2.52. The summed E-state index contributed by atoms with van der Waals surface area (Å²) in [5, 5.41) is 26.9. The first-order chi connectivity index (χ1) is 9.26. The van der Waals surface area contributed by atoms with Crippen LogP contribution in [0, 0.1) is 0 Å². The molecule has 0 bridgehead atoms. The fourth-order valence-corrected chi connectivity index (χ4v) is 1.42. The monoisotopic (exact) mass is 376 g/mol. The van der Waals surface area contributed by atoms with Gasteiger partial charge in [-0.05, 0) is 0 Å². The molecular weight excluding hydrogens is 365 g/mol. The van der Waals surface area contributed by atoms with Gasteiger partial charge >= 0.3 is 43.3 Å². The van der Waals surface area contributed by atoms with E-state index in [0.29, 0.717) is 0 Å². The second-order valence-electron chi connectivity index (χ2n) is 3.36. The summed E-state index contributed by atoms with van der Waals surface area (Å²) in [4.78, 5) is 50.8. The van der Waals surface area contributed by atoms with Gasteiger partial charge in [0.15, 0.2) is 11.9 Å². The molecule has 0 radical (unpaired) electrons. The predicted octanol–water partition coefficient (Wildman–Crippen LogP) is -6.41. The molecule has 1 rings (SSSR count). The second kappa shape index (κ2) is 9.33. The van der Waals surface area contributed by atoms with Crippen LogP contribution < -0.4 is 34.5 Å². The molecule has 0 aromatic carbocycles. The summed E-state index contributed by atoms with van der Waals surface area (Å²) >= 11 is 0. The van der Waals surface area contributed by atoms with Crippen molar-refractivity contribution in [1.82, 2.24) is 0 Å². The van der Waals surface area contributed by atoms with Crippen molar-refractivity contribution in [1.29, 1.82) is 0 Å². The van der Waals surface area contributed by atoms with Crippen molar-refractivity contribution in [3.8, 4) is 0 Å². The number of rotatable bonds is 4. The maximum absolute atomic E-state index is 11.0. The van der Waals surface area contributed by atoms with E-state index in [2.05, 4.69) is 9.26 Å². The first-order valence-electron chi connectivity index (χ1n) is 4.71. The van der Waals surface area contributed by atoms with E-state index in [0.717, 1.165) is 0 Å². The fourth-order valence-electron chi connectivity index (χ4n) is 1.02. The van der Waals surface area contributed by atoms with Gasteiger partial charge in [-0.2, -0.15) is 0 Å². The number of ether oxygens (including phenoxy) is 1. The quantitative estimate of drug-likeness (QED) is 0.137. The van der Waals surface area contributed by atoms with Gasteiger partial charge in [-0.25, -0.2) is 9.36 Å². The molecule has 124 valence electrons. The van der Waals surface area contributed by atoms with Crippen molar-refractivity contribution >= 4 is 21.6 Å². The summed E-state index contributed by atoms with van der Waals surface area (Å²) in [6.45, 7) is -0.814. The minimum atomic E-state index is -5.02. The van der Waals surface area contributed by atoms with Crippen LogP contribution in [-0.4, -0.2) is 59.7 Å². The number of cyclic esters (lactones) is 1. The van der Waals surface area contributed by atoms with Crippen molar-refractivity contribution in [2.24, 2.45) is 0 Å². The van der Waals surface area contributed by atoms with Crippen LogP contribution in [0.5, 0.6) is 0 Å². The number of aliphatic hydroxyl groups is 3. The zero-order valence-electron chi connectivity index (χ0n) is 10.8. The van der Waals surface area contributed by atoms with Gasteiger partial charge < -0.3 is 39.3 Å². The Balaban J connectivity index is 0. The van der Waals surface area contributed by atoms with Crippen molar-refractivity contribution in [2.45, 2.75) is 12.2 Å². The third-order valence-corrected chi connectivity index (χ3v) is 2.09. The number of carbonyl (C=O) groups is 1. The fraction of sp³-hybridized carbons (Fsp3) is 0.500. The smallest absolute Gasteiger partial charge is 0.756 e. The van der Waals surface area contributed by atoms with E-state index in [1.54, 1.807) is 0 Å². The maximum atomic E-state index is 11.0. The summed E-state index contributed by atoms with van der Waals surface area (Å²) in [6, 6.07) is 0. The number of carbonyl (C=O) groups excluding carboxylic acids is 1. The Labute approximate surface area is 144 Å². The van der Waals surface area contributed by atoms with Gasteiger partial charge in [0, 0.05) is 0 Å². The molecular formula is C6H11NaO13P2. The van der Waals surface area contributed by atoms with Crippen molar-refractivity contribution < 1.29 is 92.5 Å². The summed E-state index contributed by atoms with van der Waals surface area (Å²) < 4.78 is 27.4. The molecule has 13 nitrogen and oxygen atoms in total. The van der Waals surface area contributed by atoms with E-state index in [1.807, 2.05) is 0 Å². The van der Waals surface area contributed by atoms with Crippen LogP contribution in [0.3, 0.4) is 0 Å². The summed E-state index contributed by atoms with van der Waals surface area (Å²) in [5.74, 6) is -3.39. The number of phosphoric ester groups is 1. The average molecular weight is 376 g/mol. The Bertz CT molecular complexity index is 496. The van der Waals surface area contributed by atoms with E-state index in [1.165, 1.54) is 0 Å². The van der Waals surface area contributed by atoms with Gasteiger partial charge in [0.2, 0.25) is 0 Å². The van der Waals surface area contributed by atoms with Gasteiger partial charge in [-0.1, -0.05) is 0 Å². The number of phosphoric acid groups is 2. The predicted molar refractivity (Wildman–Crippen MR) is 57.8 cm³/mol. The molecule has 22 heavy (non-hydrogen) atoms. The minimum absolute atomic E-state index is 0. The molecule has 0 saturated carbocycles. The summed E-state index contributed by atoms with van der Waals surface area (Å²) in [7, 11) is -9.91. The SMILES string of the molecule is O=C1O[C@H]([C@@H](O)CO)C(O)=C1OP(=O)(O)O.O=P([O-])(O)O.[Na+]. The topological polar surface area (TPSA) is 234 Å². The summed E-state index contributed by atoms with van der Waals surface area (Å²) in [6.07, 6.45) is -3.21. The van der Waals surface area contributed by atoms with E-state index in [9.17, 15) is 14.5 Å². The largest absolute Gasteiger partial charge is 1.00 e. The first-order valence-corrected chi connectivity index (χ1v) is 7.77. The molecule has 1 aliphatic rings. The third kappa shape index (κ3) is 9.90. The molecule has 0 saturated heterocycles. The maximum Gasteiger partial charge on any atom is 1.00 e. The molecule has 1 aliphatic heterocycles. The second-order valence-corrected chi connectivity index (χ2v) is 5.51. The number of esters is 1. The molecule has 0 fully saturated rings. The minimum Gasteiger partial charge on any atom is -0.756 e. The molecule has 0 spiro atoms. The van der Waals surface area contributed by atoms with Crippen LogP contribution in [0.2, 0.25) is 0 Å². The summed E-state index contributed by atoms with van der Waals surface area (Å²) in [5.41, 5.74) is 0. The first kappa shape index (κ1) is 24.2. The molecule has 16 heteroatoms. The van der Waals surface area contributed by atoms with E-state index < -0.39 is 51.9 Å². The van der Waals surface area contributed by atoms with E-state index in [4.69, 9.17) is 39.2 Å². The van der Waals surface area contributed by atoms with Gasteiger partial charge in [0.1, 0.15) is 6.10 Å². The Morgan fingerprint density at radius 2 is 1.68 bits per heavy atom. The molecule has 0 aromatic heterocycles. The number of aliphatic hydroxyl groups excluding tert-OH is 3. The Morgan fingerprint density at radius 3 is 2.00 bits per heavy atom. The van der Waals surface area contributed by atoms with Gasteiger partial charge in [0.25, 0.3) is 13.6 Å². The van der Waals surface area contributed by atoms with E-state index >= 15 is 0 Å². The van der Waals surface area contributed by atoms with Crippen molar-refractivity contribution in [3.05, 3.63) is 11.5 Å². The Morgan fingerprint density at radius 1 is 1.27 bits per heavy atom. The van der Waals surface area contributed by atoms with Crippen LogP contribution in [0.1, 0.15) is 0 Å². The van der Waals surface area contributed by atoms with Crippen LogP contribution in [0.15, 0.2) is 11.5 Å². The van der Waals surface area contributed by atoms with Crippen LogP contribution in [0.4, 0.5) is 0 Å². The van der Waals surface area contributed by atoms with E-state index in [-0.39, 0.29) is 29.6 Å². The molecule has 1 heterocycles. The third-order valence-electron chi connectivity index (χ3n) is 1.67. The van der Waals surface area contributed by atoms with Gasteiger partial charge in [-0.3, -0.25) is 14.4 Å². The van der Waals surface area contributed by atoms with Crippen molar-refractivity contribution in [2.75, 3.05) is 6.61 Å². The molecule has 2 atom stereocenters. The van der Waals surface area contributed by atoms with Gasteiger partial charge in [0.05, 0.1) is 6.61 Å². The molecule has 0 unspecified atom stereocenters. The van der Waals surface area contributed by atoms with Crippen molar-refractivity contribution in [3.63, 3.8) is 0 Å². The Kier molecular flexibility index (Phi) is 10.3. The van der Waals surface area contributed by atoms with Gasteiger partial charge in [-0.15, -0.1) is 0 Å². The molecule has 0 aromatic rings. The molecule has 0 aliphatic carbocycles. The molecule has 0 amide bonds. The molecule has 7 N–H and O–H groups in total. The number of hydrogen-bond acceptors (Lipinski definition) is 9. The standard InChI is InChI=1S/C6H9O9P.Na.H3O4P/c7-1-2(8)4-3(9)5(6(10)14-4)15-16(11,12)13;;1-5(2,3)4/h2,4,7-9H,1H2,(H2,11,12,13);;(H3,1,2,3,4)/q;+1;/p-1/t2-,4+;;/m0../s1. The van der Waals surface area contributed by atoms with Crippen LogP contribution in [0.25, 0.3) is 0 Å². The zero-order valence-corrected chi connectivity index (χ0v) is 14.6.